The minimum absolute atomic E-state index is 0.00713. The summed E-state index contributed by atoms with van der Waals surface area (Å²) in [6.07, 6.45) is 29.3. The largest absolute Gasteiger partial charge is 0.396 e. The Balaban J connectivity index is 3.84. The number of hydrogen-bond acceptors (Lipinski definition) is 3. The number of hydrogen-bond donors (Lipinski definition) is 1. The lowest BCUT2D eigenvalue weighted by atomic mass is 10.1. The van der Waals surface area contributed by atoms with Crippen molar-refractivity contribution in [3.05, 3.63) is 12.2 Å². The Labute approximate surface area is 195 Å². The third kappa shape index (κ3) is 25.8. The zero-order chi connectivity index (χ0) is 22.7. The van der Waals surface area contributed by atoms with Crippen LogP contribution in [0.4, 0.5) is 0 Å². The molecule has 0 aliphatic carbocycles. The van der Waals surface area contributed by atoms with E-state index in [1.54, 1.807) is 0 Å². The highest BCUT2D eigenvalue weighted by molar-refractivity contribution is 4.80. The van der Waals surface area contributed by atoms with Gasteiger partial charge in [0.15, 0.2) is 6.29 Å². The molecule has 31 heavy (non-hydrogen) atoms. The fourth-order valence-corrected chi connectivity index (χ4v) is 3.82. The molecule has 0 heterocycles. The zero-order valence-corrected chi connectivity index (χ0v) is 21.3. The van der Waals surface area contributed by atoms with E-state index in [1.807, 2.05) is 0 Å². The van der Waals surface area contributed by atoms with E-state index >= 15 is 0 Å². The number of unbranched alkanes of at least 4 members (excludes halogenated alkanes) is 15. The first-order valence-corrected chi connectivity index (χ1v) is 13.8. The van der Waals surface area contributed by atoms with Gasteiger partial charge >= 0.3 is 0 Å². The fraction of sp³-hybridized carbons (Fsp3) is 0.929. The topological polar surface area (TPSA) is 38.7 Å². The molecule has 0 aliphatic rings. The maximum Gasteiger partial charge on any atom is 0.157 e. The molecule has 0 aromatic carbocycles. The molecule has 0 spiro atoms. The number of rotatable bonds is 26. The van der Waals surface area contributed by atoms with Crippen molar-refractivity contribution >= 4 is 0 Å². The van der Waals surface area contributed by atoms with E-state index in [1.165, 1.54) is 109 Å². The maximum absolute atomic E-state index is 8.76. The molecular weight excluding hydrogens is 384 g/mol. The lowest BCUT2D eigenvalue weighted by molar-refractivity contribution is -0.148. The van der Waals surface area contributed by atoms with E-state index in [-0.39, 0.29) is 12.9 Å². The van der Waals surface area contributed by atoms with Crippen LogP contribution in [-0.4, -0.2) is 31.2 Å². The summed E-state index contributed by atoms with van der Waals surface area (Å²) >= 11 is 0. The van der Waals surface area contributed by atoms with Crippen molar-refractivity contribution in [3.8, 4) is 0 Å². The predicted octanol–water partition coefficient (Wildman–Crippen LogP) is 8.74. The van der Waals surface area contributed by atoms with Crippen LogP contribution >= 0.6 is 0 Å². The molecule has 0 radical (unpaired) electrons. The Morgan fingerprint density at radius 3 is 1.55 bits per heavy atom. The highest BCUT2D eigenvalue weighted by Crippen LogP contribution is 2.14. The van der Waals surface area contributed by atoms with Crippen LogP contribution in [0, 0.1) is 0 Å². The quantitative estimate of drug-likeness (QED) is 0.0830. The van der Waals surface area contributed by atoms with Crippen molar-refractivity contribution in [3.63, 3.8) is 0 Å². The Kier molecular flexibility index (Phi) is 27.3. The van der Waals surface area contributed by atoms with Gasteiger partial charge in [-0.15, -0.1) is 0 Å². The van der Waals surface area contributed by atoms with Crippen molar-refractivity contribution in [1.82, 2.24) is 0 Å². The molecule has 0 unspecified atom stereocenters. The van der Waals surface area contributed by atoms with Gasteiger partial charge in [-0.3, -0.25) is 0 Å². The summed E-state index contributed by atoms with van der Waals surface area (Å²) in [5.41, 5.74) is 0. The number of aliphatic hydroxyl groups excluding tert-OH is 1. The van der Waals surface area contributed by atoms with Crippen molar-refractivity contribution in [1.29, 1.82) is 0 Å². The van der Waals surface area contributed by atoms with E-state index < -0.39 is 0 Å². The van der Waals surface area contributed by atoms with Crippen molar-refractivity contribution in [2.75, 3.05) is 19.8 Å². The average molecular weight is 441 g/mol. The van der Waals surface area contributed by atoms with Crippen LogP contribution < -0.4 is 0 Å². The van der Waals surface area contributed by atoms with E-state index in [9.17, 15) is 0 Å². The summed E-state index contributed by atoms with van der Waals surface area (Å²) in [4.78, 5) is 0. The van der Waals surface area contributed by atoms with Gasteiger partial charge in [0.25, 0.3) is 0 Å². The maximum atomic E-state index is 8.76. The molecule has 0 fully saturated rings. The molecule has 3 heteroatoms. The molecule has 0 rings (SSSR count). The molecule has 0 aliphatic heterocycles. The fourth-order valence-electron chi connectivity index (χ4n) is 3.82. The Bertz CT molecular complexity index is 325. The molecule has 0 atom stereocenters. The molecule has 0 amide bonds. The second-order valence-electron chi connectivity index (χ2n) is 9.04. The van der Waals surface area contributed by atoms with Crippen LogP contribution in [0.3, 0.4) is 0 Å². The monoisotopic (exact) mass is 440 g/mol. The van der Waals surface area contributed by atoms with Crippen LogP contribution in [0.15, 0.2) is 12.2 Å². The molecular formula is C28H56O3. The third-order valence-electron chi connectivity index (χ3n) is 5.88. The summed E-state index contributed by atoms with van der Waals surface area (Å²) < 4.78 is 12.2. The van der Waals surface area contributed by atoms with Gasteiger partial charge in [0.1, 0.15) is 0 Å². The van der Waals surface area contributed by atoms with Crippen LogP contribution in [0.1, 0.15) is 142 Å². The second-order valence-corrected chi connectivity index (χ2v) is 9.04. The Morgan fingerprint density at radius 1 is 0.548 bits per heavy atom. The van der Waals surface area contributed by atoms with Gasteiger partial charge in [0, 0.05) is 19.8 Å². The molecule has 0 aromatic heterocycles. The average Bonchev–Trinajstić information content (AvgIpc) is 2.78. The molecule has 0 aromatic rings. The predicted molar refractivity (Wildman–Crippen MR) is 136 cm³/mol. The number of aliphatic hydroxyl groups is 1. The number of ether oxygens (including phenoxy) is 2. The summed E-state index contributed by atoms with van der Waals surface area (Å²) in [5, 5.41) is 8.76. The lowest BCUT2D eigenvalue weighted by Gasteiger charge is -2.19. The van der Waals surface area contributed by atoms with Gasteiger partial charge in [-0.1, -0.05) is 109 Å². The summed E-state index contributed by atoms with van der Waals surface area (Å²) in [7, 11) is 0. The lowest BCUT2D eigenvalue weighted by Crippen LogP contribution is -2.19. The number of allylic oxidation sites excluding steroid dienone is 1. The second kappa shape index (κ2) is 27.7. The third-order valence-corrected chi connectivity index (χ3v) is 5.88. The molecule has 0 saturated carbocycles. The van der Waals surface area contributed by atoms with Gasteiger partial charge in [0.05, 0.1) is 0 Å². The Morgan fingerprint density at radius 2 is 1.00 bits per heavy atom. The molecule has 186 valence electrons. The molecule has 3 nitrogen and oxygen atoms in total. The van der Waals surface area contributed by atoms with Crippen molar-refractivity contribution in [2.45, 2.75) is 149 Å². The van der Waals surface area contributed by atoms with Gasteiger partial charge < -0.3 is 14.6 Å². The first-order chi connectivity index (χ1) is 15.3. The molecule has 1 N–H and O–H groups in total. The standard InChI is InChI=1S/C28H56O3/c1-3-5-7-9-18-22-26-30-28(31-27-23-19-10-8-6-4-2)24-20-16-14-12-11-13-15-17-21-25-29/h15,17,28-29H,3-14,16,18-27H2,1-2H3/b17-15-. The van der Waals surface area contributed by atoms with Gasteiger partial charge in [-0.25, -0.2) is 0 Å². The summed E-state index contributed by atoms with van der Waals surface area (Å²) in [6.45, 7) is 6.51. The highest BCUT2D eigenvalue weighted by atomic mass is 16.7. The van der Waals surface area contributed by atoms with Crippen molar-refractivity contribution < 1.29 is 14.6 Å². The zero-order valence-electron chi connectivity index (χ0n) is 21.3. The highest BCUT2D eigenvalue weighted by Gasteiger charge is 2.09. The van der Waals surface area contributed by atoms with Crippen LogP contribution in [0.5, 0.6) is 0 Å². The molecule has 0 saturated heterocycles. The van der Waals surface area contributed by atoms with E-state index in [0.717, 1.165) is 32.5 Å². The van der Waals surface area contributed by atoms with E-state index in [4.69, 9.17) is 14.6 Å². The van der Waals surface area contributed by atoms with E-state index in [2.05, 4.69) is 26.0 Å². The minimum atomic E-state index is 0.00713. The van der Waals surface area contributed by atoms with Gasteiger partial charge in [0.2, 0.25) is 0 Å². The molecule has 0 bridgehead atoms. The van der Waals surface area contributed by atoms with E-state index in [0.29, 0.717) is 0 Å². The van der Waals surface area contributed by atoms with Crippen LogP contribution in [0.2, 0.25) is 0 Å². The first kappa shape index (κ1) is 30.6. The normalized spacial score (nSPS) is 11.9. The first-order valence-electron chi connectivity index (χ1n) is 13.8. The minimum Gasteiger partial charge on any atom is -0.396 e. The van der Waals surface area contributed by atoms with Crippen molar-refractivity contribution in [2.24, 2.45) is 0 Å². The van der Waals surface area contributed by atoms with Gasteiger partial charge in [-0.2, -0.15) is 0 Å². The summed E-state index contributed by atoms with van der Waals surface area (Å²) in [5.74, 6) is 0. The van der Waals surface area contributed by atoms with Crippen LogP contribution in [0.25, 0.3) is 0 Å². The van der Waals surface area contributed by atoms with Crippen LogP contribution in [-0.2, 0) is 9.47 Å². The SMILES string of the molecule is CCCCCCCCOC(CCCCCCC/C=C\CCO)OCCCCCCCC. The Hall–Kier alpha value is -0.380. The summed E-state index contributed by atoms with van der Waals surface area (Å²) in [6, 6.07) is 0. The smallest absolute Gasteiger partial charge is 0.157 e. The van der Waals surface area contributed by atoms with Gasteiger partial charge in [-0.05, 0) is 44.9 Å².